The first kappa shape index (κ1) is 20.1. The third kappa shape index (κ3) is 4.60. The second-order valence-electron chi connectivity index (χ2n) is 6.09. The number of benzene rings is 1. The standard InChI is InChI=1S/C19H17ClN2OS2.C2H6/c1-24-21-14-3-6-16(17(20)9-14)13-8-18(25-11-13)12-2-7-19(23)22(10-12)15-4-5-15;1-2/h2-3,6-11,15,21H,4-5H2,1H3;1-2H3. The van der Waals surface area contributed by atoms with Crippen molar-refractivity contribution in [1.29, 1.82) is 0 Å². The first-order valence-electron chi connectivity index (χ1n) is 9.06. The van der Waals surface area contributed by atoms with Gasteiger partial charge in [0.25, 0.3) is 5.56 Å². The number of thiophene rings is 1. The van der Waals surface area contributed by atoms with Crippen molar-refractivity contribution in [2.24, 2.45) is 0 Å². The minimum atomic E-state index is 0.0861. The van der Waals surface area contributed by atoms with E-state index in [0.29, 0.717) is 6.04 Å². The van der Waals surface area contributed by atoms with Crippen molar-refractivity contribution in [2.75, 3.05) is 11.0 Å². The molecule has 0 aliphatic heterocycles. The molecule has 4 rings (SSSR count). The summed E-state index contributed by atoms with van der Waals surface area (Å²) in [6.07, 6.45) is 6.17. The molecule has 6 heteroatoms. The van der Waals surface area contributed by atoms with Crippen LogP contribution in [-0.2, 0) is 0 Å². The molecule has 3 nitrogen and oxygen atoms in total. The molecular weight excluding hydrogens is 396 g/mol. The highest BCUT2D eigenvalue weighted by Gasteiger charge is 2.24. The van der Waals surface area contributed by atoms with Gasteiger partial charge in [0.2, 0.25) is 0 Å². The van der Waals surface area contributed by atoms with Gasteiger partial charge in [0.15, 0.2) is 0 Å². The summed E-state index contributed by atoms with van der Waals surface area (Å²) in [5.41, 5.74) is 4.28. The maximum absolute atomic E-state index is 12.0. The van der Waals surface area contributed by atoms with E-state index in [-0.39, 0.29) is 5.56 Å². The molecule has 0 unspecified atom stereocenters. The second kappa shape index (κ2) is 9.00. The van der Waals surface area contributed by atoms with Crippen LogP contribution in [0.5, 0.6) is 0 Å². The highest BCUT2D eigenvalue weighted by Crippen LogP contribution is 2.38. The summed E-state index contributed by atoms with van der Waals surface area (Å²) in [5.74, 6) is 0. The van der Waals surface area contributed by atoms with E-state index < -0.39 is 0 Å². The Morgan fingerprint density at radius 3 is 2.59 bits per heavy atom. The van der Waals surface area contributed by atoms with Gasteiger partial charge in [-0.1, -0.05) is 43.5 Å². The van der Waals surface area contributed by atoms with E-state index in [0.717, 1.165) is 45.1 Å². The zero-order valence-electron chi connectivity index (χ0n) is 15.7. The van der Waals surface area contributed by atoms with Crippen LogP contribution >= 0.6 is 34.9 Å². The van der Waals surface area contributed by atoms with Crippen molar-refractivity contribution >= 4 is 40.6 Å². The van der Waals surface area contributed by atoms with Gasteiger partial charge in [0.1, 0.15) is 0 Å². The molecule has 0 atom stereocenters. The van der Waals surface area contributed by atoms with Crippen LogP contribution in [0, 0.1) is 0 Å². The summed E-state index contributed by atoms with van der Waals surface area (Å²) in [7, 11) is 0. The minimum absolute atomic E-state index is 0.0861. The largest absolute Gasteiger partial charge is 0.330 e. The number of hydrogen-bond acceptors (Lipinski definition) is 4. The third-order valence-electron chi connectivity index (χ3n) is 4.26. The number of rotatable bonds is 5. The normalized spacial score (nSPS) is 13.0. The number of halogens is 1. The van der Waals surface area contributed by atoms with Crippen LogP contribution in [0.25, 0.3) is 21.6 Å². The molecule has 142 valence electrons. The van der Waals surface area contributed by atoms with Crippen molar-refractivity contribution in [2.45, 2.75) is 32.7 Å². The first-order chi connectivity index (χ1) is 13.2. The number of pyridine rings is 1. The van der Waals surface area contributed by atoms with Crippen LogP contribution in [0.1, 0.15) is 32.7 Å². The molecule has 27 heavy (non-hydrogen) atoms. The molecule has 0 bridgehead atoms. The van der Waals surface area contributed by atoms with Crippen molar-refractivity contribution in [3.8, 4) is 21.6 Å². The highest BCUT2D eigenvalue weighted by molar-refractivity contribution is 7.99. The molecule has 1 N–H and O–H groups in total. The molecule has 1 aliphatic rings. The lowest BCUT2D eigenvalue weighted by molar-refractivity contribution is 0.709. The van der Waals surface area contributed by atoms with E-state index in [4.69, 9.17) is 11.6 Å². The van der Waals surface area contributed by atoms with Crippen LogP contribution in [0.15, 0.2) is 52.8 Å². The zero-order chi connectivity index (χ0) is 19.4. The fourth-order valence-corrected chi connectivity index (χ4v) is 4.40. The van der Waals surface area contributed by atoms with Gasteiger partial charge in [-0.3, -0.25) is 4.79 Å². The first-order valence-corrected chi connectivity index (χ1v) is 11.5. The summed E-state index contributed by atoms with van der Waals surface area (Å²) >= 11 is 9.68. The molecule has 1 saturated carbocycles. The molecule has 0 saturated heterocycles. The number of aromatic nitrogens is 1. The molecule has 0 spiro atoms. The smallest absolute Gasteiger partial charge is 0.250 e. The molecule has 0 amide bonds. The monoisotopic (exact) mass is 418 g/mol. The fraction of sp³-hybridized carbons (Fsp3) is 0.286. The van der Waals surface area contributed by atoms with Gasteiger partial charge in [0.05, 0.1) is 5.02 Å². The van der Waals surface area contributed by atoms with Crippen molar-refractivity contribution in [1.82, 2.24) is 4.57 Å². The Morgan fingerprint density at radius 1 is 1.15 bits per heavy atom. The molecule has 2 heterocycles. The topological polar surface area (TPSA) is 34.0 Å². The van der Waals surface area contributed by atoms with Gasteiger partial charge in [-0.05, 0) is 48.1 Å². The Hall–Kier alpha value is -1.69. The predicted molar refractivity (Wildman–Crippen MR) is 121 cm³/mol. The number of anilines is 1. The molecule has 0 radical (unpaired) electrons. The summed E-state index contributed by atoms with van der Waals surface area (Å²) < 4.78 is 5.05. The maximum atomic E-state index is 12.0. The second-order valence-corrected chi connectivity index (χ2v) is 8.03. The molecular formula is C21H23ClN2OS2. The van der Waals surface area contributed by atoms with Gasteiger partial charge >= 0.3 is 0 Å². The van der Waals surface area contributed by atoms with Gasteiger partial charge in [-0.2, -0.15) is 0 Å². The average Bonchev–Trinajstić information content (AvgIpc) is 3.41. The van der Waals surface area contributed by atoms with E-state index in [9.17, 15) is 4.79 Å². The van der Waals surface area contributed by atoms with Crippen LogP contribution < -0.4 is 10.3 Å². The van der Waals surface area contributed by atoms with E-state index in [1.165, 1.54) is 0 Å². The number of hydrogen-bond donors (Lipinski definition) is 1. The molecule has 2 aromatic heterocycles. The lowest BCUT2D eigenvalue weighted by atomic mass is 10.1. The molecule has 3 aromatic rings. The van der Waals surface area contributed by atoms with E-state index in [2.05, 4.69) is 16.2 Å². The molecule has 1 aromatic carbocycles. The van der Waals surface area contributed by atoms with Crippen LogP contribution in [0.4, 0.5) is 5.69 Å². The van der Waals surface area contributed by atoms with Crippen molar-refractivity contribution in [3.05, 3.63) is 63.4 Å². The summed E-state index contributed by atoms with van der Waals surface area (Å²) in [6.45, 7) is 4.00. The Morgan fingerprint density at radius 2 is 1.93 bits per heavy atom. The lowest BCUT2D eigenvalue weighted by Gasteiger charge is -2.07. The predicted octanol–water partition coefficient (Wildman–Crippen LogP) is 6.95. The Bertz CT molecular complexity index is 976. The van der Waals surface area contributed by atoms with Crippen LogP contribution in [-0.4, -0.2) is 10.8 Å². The Labute approximate surface area is 173 Å². The minimum Gasteiger partial charge on any atom is -0.330 e. The SMILES string of the molecule is CC.CSNc1ccc(-c2csc(-c3ccc(=O)n(C4CC4)c3)c2)c(Cl)c1. The lowest BCUT2D eigenvalue weighted by Crippen LogP contribution is -2.16. The quantitative estimate of drug-likeness (QED) is 0.455. The summed E-state index contributed by atoms with van der Waals surface area (Å²) in [6, 6.07) is 12.1. The highest BCUT2D eigenvalue weighted by atomic mass is 35.5. The van der Waals surface area contributed by atoms with Gasteiger partial charge in [-0.25, -0.2) is 0 Å². The summed E-state index contributed by atoms with van der Waals surface area (Å²) in [4.78, 5) is 13.1. The molecule has 1 aliphatic carbocycles. The summed E-state index contributed by atoms with van der Waals surface area (Å²) in [5, 5.41) is 2.84. The van der Waals surface area contributed by atoms with Gasteiger partial charge in [0, 0.05) is 46.3 Å². The average molecular weight is 419 g/mol. The molecule has 1 fully saturated rings. The zero-order valence-corrected chi connectivity index (χ0v) is 18.0. The van der Waals surface area contributed by atoms with Crippen molar-refractivity contribution in [3.63, 3.8) is 0 Å². The van der Waals surface area contributed by atoms with Crippen LogP contribution in [0.3, 0.4) is 0 Å². The van der Waals surface area contributed by atoms with Crippen LogP contribution in [0.2, 0.25) is 5.02 Å². The van der Waals surface area contributed by atoms with Gasteiger partial charge < -0.3 is 9.29 Å². The number of nitrogens with zero attached hydrogens (tertiary/aromatic N) is 1. The fourth-order valence-electron chi connectivity index (χ4n) is 2.85. The van der Waals surface area contributed by atoms with Gasteiger partial charge in [-0.15, -0.1) is 11.3 Å². The van der Waals surface area contributed by atoms with E-state index >= 15 is 0 Å². The Kier molecular flexibility index (Phi) is 6.68. The van der Waals surface area contributed by atoms with Crippen molar-refractivity contribution < 1.29 is 0 Å². The Balaban J connectivity index is 0.00000102. The third-order valence-corrected chi connectivity index (χ3v) is 5.99. The van der Waals surface area contributed by atoms with E-state index in [1.807, 2.05) is 55.1 Å². The van der Waals surface area contributed by atoms with E-state index in [1.54, 1.807) is 29.4 Å². The number of nitrogens with one attached hydrogen (secondary N) is 1. The maximum Gasteiger partial charge on any atom is 0.250 e.